The topological polar surface area (TPSA) is 69.6 Å². The lowest BCUT2D eigenvalue weighted by Gasteiger charge is -2.39. The molecule has 0 spiro atoms. The zero-order valence-electron chi connectivity index (χ0n) is 11.7. The number of likely N-dealkylation sites (tertiary alicyclic amines) is 1. The van der Waals surface area contributed by atoms with Gasteiger partial charge in [0.05, 0.1) is 6.42 Å². The first kappa shape index (κ1) is 14.8. The van der Waals surface area contributed by atoms with Crippen molar-refractivity contribution in [1.82, 2.24) is 10.2 Å². The largest absolute Gasteiger partial charge is 0.481 e. The fraction of sp³-hybridized carbons (Fsp3) is 0.846. The molecule has 2 amide bonds. The van der Waals surface area contributed by atoms with E-state index >= 15 is 0 Å². The second-order valence-corrected chi connectivity index (χ2v) is 5.94. The molecule has 5 heteroatoms. The number of carboxylic acids is 1. The second-order valence-electron chi connectivity index (χ2n) is 5.94. The van der Waals surface area contributed by atoms with Gasteiger partial charge in [0.1, 0.15) is 0 Å². The van der Waals surface area contributed by atoms with Crippen molar-refractivity contribution in [2.24, 2.45) is 5.92 Å². The number of urea groups is 1. The summed E-state index contributed by atoms with van der Waals surface area (Å²) in [7, 11) is 0. The molecule has 2 N–H and O–H groups in total. The minimum atomic E-state index is -0.902. The molecule has 0 aliphatic carbocycles. The molecule has 5 nitrogen and oxygen atoms in total. The molecule has 1 saturated heterocycles. The number of rotatable bonds is 3. The highest BCUT2D eigenvalue weighted by atomic mass is 16.4. The molecular weight excluding hydrogens is 232 g/mol. The Bertz CT molecular complexity index is 328. The summed E-state index contributed by atoms with van der Waals surface area (Å²) in [5, 5.41) is 11.6. The minimum Gasteiger partial charge on any atom is -0.481 e. The summed E-state index contributed by atoms with van der Waals surface area (Å²) in [5.74, 6) is -0.410. The predicted octanol–water partition coefficient (Wildman–Crippen LogP) is 2.07. The Kier molecular flexibility index (Phi) is 4.59. The molecular formula is C13H24N2O3. The average Bonchev–Trinajstić information content (AvgIpc) is 2.18. The Balaban J connectivity index is 2.61. The Morgan fingerprint density at radius 3 is 2.56 bits per heavy atom. The number of hydrogen-bond donors (Lipinski definition) is 2. The quantitative estimate of drug-likeness (QED) is 0.812. The number of hydrogen-bond acceptors (Lipinski definition) is 2. The third-order valence-electron chi connectivity index (χ3n) is 3.67. The van der Waals surface area contributed by atoms with E-state index in [0.29, 0.717) is 5.92 Å². The van der Waals surface area contributed by atoms with Crippen molar-refractivity contribution in [2.75, 3.05) is 6.54 Å². The van der Waals surface area contributed by atoms with Crippen LogP contribution in [-0.2, 0) is 4.79 Å². The number of amides is 2. The molecule has 1 heterocycles. The van der Waals surface area contributed by atoms with Crippen molar-refractivity contribution in [1.29, 1.82) is 0 Å². The van der Waals surface area contributed by atoms with Gasteiger partial charge in [-0.25, -0.2) is 4.79 Å². The van der Waals surface area contributed by atoms with Gasteiger partial charge in [-0.15, -0.1) is 0 Å². The highest BCUT2D eigenvalue weighted by Crippen LogP contribution is 2.23. The van der Waals surface area contributed by atoms with Crippen LogP contribution < -0.4 is 5.32 Å². The first-order valence-corrected chi connectivity index (χ1v) is 6.53. The molecule has 1 fully saturated rings. The van der Waals surface area contributed by atoms with Crippen molar-refractivity contribution in [3.05, 3.63) is 0 Å². The zero-order chi connectivity index (χ0) is 13.9. The number of aliphatic carboxylic acids is 1. The van der Waals surface area contributed by atoms with Crippen LogP contribution >= 0.6 is 0 Å². The van der Waals surface area contributed by atoms with Gasteiger partial charge in [-0.2, -0.15) is 0 Å². The molecule has 1 aliphatic heterocycles. The van der Waals surface area contributed by atoms with E-state index in [9.17, 15) is 9.59 Å². The van der Waals surface area contributed by atoms with Crippen LogP contribution in [0, 0.1) is 5.92 Å². The molecule has 0 aromatic rings. The number of carboxylic acid groups (broad SMARTS) is 1. The fourth-order valence-electron chi connectivity index (χ4n) is 2.41. The van der Waals surface area contributed by atoms with E-state index in [0.717, 1.165) is 19.4 Å². The van der Waals surface area contributed by atoms with Crippen LogP contribution in [0.5, 0.6) is 0 Å². The fourth-order valence-corrected chi connectivity index (χ4v) is 2.41. The van der Waals surface area contributed by atoms with Gasteiger partial charge in [0.2, 0.25) is 0 Å². The smallest absolute Gasteiger partial charge is 0.318 e. The Morgan fingerprint density at radius 1 is 1.39 bits per heavy atom. The van der Waals surface area contributed by atoms with E-state index in [2.05, 4.69) is 12.2 Å². The van der Waals surface area contributed by atoms with E-state index in [1.165, 1.54) is 0 Å². The molecule has 1 aliphatic rings. The Hall–Kier alpha value is -1.26. The van der Waals surface area contributed by atoms with Crippen LogP contribution in [0.1, 0.15) is 47.0 Å². The number of nitrogens with zero attached hydrogens (tertiary/aromatic N) is 1. The summed E-state index contributed by atoms with van der Waals surface area (Å²) in [6.07, 6.45) is 2.08. The van der Waals surface area contributed by atoms with Gasteiger partial charge in [0.15, 0.2) is 0 Å². The van der Waals surface area contributed by atoms with Gasteiger partial charge in [-0.3, -0.25) is 4.79 Å². The first-order chi connectivity index (χ1) is 8.23. The molecule has 0 aromatic carbocycles. The lowest BCUT2D eigenvalue weighted by molar-refractivity contribution is -0.138. The van der Waals surface area contributed by atoms with Gasteiger partial charge in [0.25, 0.3) is 0 Å². The highest BCUT2D eigenvalue weighted by Gasteiger charge is 2.32. The predicted molar refractivity (Wildman–Crippen MR) is 69.4 cm³/mol. The number of piperidine rings is 1. The number of carbonyl (C=O) groups is 2. The molecule has 104 valence electrons. The van der Waals surface area contributed by atoms with Crippen molar-refractivity contribution in [3.63, 3.8) is 0 Å². The zero-order valence-corrected chi connectivity index (χ0v) is 11.7. The van der Waals surface area contributed by atoms with Crippen molar-refractivity contribution in [3.8, 4) is 0 Å². The maximum atomic E-state index is 12.2. The Labute approximate surface area is 109 Å². The van der Waals surface area contributed by atoms with Crippen LogP contribution in [0.2, 0.25) is 0 Å². The lowest BCUT2D eigenvalue weighted by Crippen LogP contribution is -2.55. The maximum Gasteiger partial charge on any atom is 0.318 e. The number of nitrogens with one attached hydrogen (secondary N) is 1. The molecule has 18 heavy (non-hydrogen) atoms. The van der Waals surface area contributed by atoms with Gasteiger partial charge >= 0.3 is 12.0 Å². The van der Waals surface area contributed by atoms with E-state index in [4.69, 9.17) is 5.11 Å². The average molecular weight is 256 g/mol. The molecule has 2 atom stereocenters. The van der Waals surface area contributed by atoms with Crippen molar-refractivity contribution < 1.29 is 14.7 Å². The molecule has 1 rings (SSSR count). The van der Waals surface area contributed by atoms with E-state index in [1.807, 2.05) is 11.8 Å². The van der Waals surface area contributed by atoms with Crippen LogP contribution in [0.15, 0.2) is 0 Å². The van der Waals surface area contributed by atoms with Crippen molar-refractivity contribution in [2.45, 2.75) is 58.5 Å². The summed E-state index contributed by atoms with van der Waals surface area (Å²) in [5.41, 5.74) is -0.719. The molecule has 0 radical (unpaired) electrons. The summed E-state index contributed by atoms with van der Waals surface area (Å²) in [4.78, 5) is 24.7. The molecule has 0 aromatic heterocycles. The van der Waals surface area contributed by atoms with Crippen LogP contribution in [0.25, 0.3) is 0 Å². The van der Waals surface area contributed by atoms with Gasteiger partial charge in [-0.1, -0.05) is 6.92 Å². The monoisotopic (exact) mass is 256 g/mol. The summed E-state index contributed by atoms with van der Waals surface area (Å²) in [6, 6.07) is 0.0553. The second kappa shape index (κ2) is 5.59. The van der Waals surface area contributed by atoms with Crippen LogP contribution in [0.4, 0.5) is 4.79 Å². The van der Waals surface area contributed by atoms with Gasteiger partial charge in [0, 0.05) is 18.1 Å². The summed E-state index contributed by atoms with van der Waals surface area (Å²) >= 11 is 0. The Morgan fingerprint density at radius 2 is 2.00 bits per heavy atom. The van der Waals surface area contributed by atoms with Crippen LogP contribution in [0.3, 0.4) is 0 Å². The van der Waals surface area contributed by atoms with E-state index < -0.39 is 11.5 Å². The minimum absolute atomic E-state index is 0.0729. The summed E-state index contributed by atoms with van der Waals surface area (Å²) < 4.78 is 0. The first-order valence-electron chi connectivity index (χ1n) is 6.53. The molecule has 0 saturated carbocycles. The third kappa shape index (κ3) is 3.89. The van der Waals surface area contributed by atoms with E-state index in [-0.39, 0.29) is 18.5 Å². The van der Waals surface area contributed by atoms with Crippen LogP contribution in [-0.4, -0.2) is 40.1 Å². The molecule has 0 bridgehead atoms. The normalized spacial score (nSPS) is 24.8. The lowest BCUT2D eigenvalue weighted by atomic mass is 9.92. The van der Waals surface area contributed by atoms with Gasteiger partial charge in [-0.05, 0) is 39.5 Å². The summed E-state index contributed by atoms with van der Waals surface area (Å²) in [6.45, 7) is 8.41. The SMILES string of the molecule is CC1CCCN(C(=O)NC(C)(C)CC(=O)O)C1C. The molecule has 2 unspecified atom stereocenters. The highest BCUT2D eigenvalue weighted by molar-refractivity contribution is 5.77. The third-order valence-corrected chi connectivity index (χ3v) is 3.67. The standard InChI is InChI=1S/C13H24N2O3/c1-9-6-5-7-15(10(9)2)12(18)14-13(3,4)8-11(16)17/h9-10H,5-8H2,1-4H3,(H,14,18)(H,16,17). The van der Waals surface area contributed by atoms with E-state index in [1.54, 1.807) is 13.8 Å². The maximum absolute atomic E-state index is 12.2. The van der Waals surface area contributed by atoms with Crippen molar-refractivity contribution >= 4 is 12.0 Å². The number of carbonyl (C=O) groups excluding carboxylic acids is 1. The van der Waals surface area contributed by atoms with Gasteiger partial charge < -0.3 is 15.3 Å².